The zero-order valence-corrected chi connectivity index (χ0v) is 13.8. The van der Waals surface area contributed by atoms with Crippen molar-refractivity contribution in [3.05, 3.63) is 71.5 Å². The second-order valence-corrected chi connectivity index (χ2v) is 6.33. The number of nitrogens with zero attached hydrogens (tertiary/aromatic N) is 2. The fourth-order valence-corrected chi connectivity index (χ4v) is 2.94. The standard InChI is InChI=1S/C17H15ClN4S/c18-13-8-6-12(7-9-13)10-20-16-15(19)17(22-11-21-16)23-14-4-2-1-3-5-14/h1-9,11H,10,19H2,(H,20,21,22). The van der Waals surface area contributed by atoms with E-state index in [-0.39, 0.29) is 0 Å². The van der Waals surface area contributed by atoms with E-state index in [9.17, 15) is 0 Å². The van der Waals surface area contributed by atoms with E-state index < -0.39 is 0 Å². The Bertz CT molecular complexity index is 778. The topological polar surface area (TPSA) is 63.8 Å². The van der Waals surface area contributed by atoms with Crippen LogP contribution in [0.25, 0.3) is 0 Å². The van der Waals surface area contributed by atoms with E-state index in [1.54, 1.807) is 0 Å². The molecule has 23 heavy (non-hydrogen) atoms. The van der Waals surface area contributed by atoms with Crippen LogP contribution in [0.1, 0.15) is 5.56 Å². The Balaban J connectivity index is 1.73. The molecule has 0 aliphatic rings. The molecule has 4 nitrogen and oxygen atoms in total. The van der Waals surface area contributed by atoms with Crippen LogP contribution in [0.15, 0.2) is 70.8 Å². The zero-order chi connectivity index (χ0) is 16.1. The maximum atomic E-state index is 6.19. The smallest absolute Gasteiger partial charge is 0.154 e. The van der Waals surface area contributed by atoms with E-state index >= 15 is 0 Å². The summed E-state index contributed by atoms with van der Waals surface area (Å²) in [7, 11) is 0. The average Bonchev–Trinajstić information content (AvgIpc) is 2.58. The number of aromatic nitrogens is 2. The van der Waals surface area contributed by atoms with Crippen LogP contribution in [0.3, 0.4) is 0 Å². The summed E-state index contributed by atoms with van der Waals surface area (Å²) in [5, 5.41) is 4.70. The van der Waals surface area contributed by atoms with E-state index in [2.05, 4.69) is 15.3 Å². The number of rotatable bonds is 5. The molecule has 116 valence electrons. The number of nitrogen functional groups attached to an aromatic ring is 1. The minimum atomic E-state index is 0.551. The number of hydrogen-bond donors (Lipinski definition) is 2. The van der Waals surface area contributed by atoms with Gasteiger partial charge in [-0.05, 0) is 29.8 Å². The van der Waals surface area contributed by atoms with Crippen molar-refractivity contribution in [3.63, 3.8) is 0 Å². The lowest BCUT2D eigenvalue weighted by molar-refractivity contribution is 1.03. The molecule has 0 saturated heterocycles. The number of nitrogens with one attached hydrogen (secondary N) is 1. The molecule has 0 unspecified atom stereocenters. The Kier molecular flexibility index (Phi) is 5.00. The van der Waals surface area contributed by atoms with Crippen molar-refractivity contribution in [2.75, 3.05) is 11.1 Å². The molecule has 0 amide bonds. The first-order valence-electron chi connectivity index (χ1n) is 7.04. The first-order chi connectivity index (χ1) is 11.2. The van der Waals surface area contributed by atoms with Gasteiger partial charge in [0.25, 0.3) is 0 Å². The molecule has 6 heteroatoms. The molecular weight excluding hydrogens is 328 g/mol. The molecule has 0 spiro atoms. The lowest BCUT2D eigenvalue weighted by atomic mass is 10.2. The summed E-state index contributed by atoms with van der Waals surface area (Å²) in [6, 6.07) is 17.6. The monoisotopic (exact) mass is 342 g/mol. The van der Waals surface area contributed by atoms with Gasteiger partial charge in [-0.25, -0.2) is 9.97 Å². The molecule has 0 atom stereocenters. The summed E-state index contributed by atoms with van der Waals surface area (Å²) < 4.78 is 0. The molecule has 3 aromatic rings. The number of halogens is 1. The van der Waals surface area contributed by atoms with E-state index in [1.807, 2.05) is 54.6 Å². The normalized spacial score (nSPS) is 10.5. The fourth-order valence-electron chi connectivity index (χ4n) is 1.99. The maximum Gasteiger partial charge on any atom is 0.154 e. The van der Waals surface area contributed by atoms with Gasteiger partial charge >= 0.3 is 0 Å². The summed E-state index contributed by atoms with van der Waals surface area (Å²) in [6.07, 6.45) is 1.52. The van der Waals surface area contributed by atoms with E-state index in [0.717, 1.165) is 20.5 Å². The maximum absolute atomic E-state index is 6.19. The van der Waals surface area contributed by atoms with Gasteiger partial charge in [0.05, 0.1) is 0 Å². The highest BCUT2D eigenvalue weighted by molar-refractivity contribution is 7.99. The van der Waals surface area contributed by atoms with Crippen molar-refractivity contribution in [2.45, 2.75) is 16.5 Å². The van der Waals surface area contributed by atoms with Crippen LogP contribution in [0.4, 0.5) is 11.5 Å². The van der Waals surface area contributed by atoms with Gasteiger partial charge in [-0.3, -0.25) is 0 Å². The summed E-state index contributed by atoms with van der Waals surface area (Å²) in [4.78, 5) is 9.58. The predicted molar refractivity (Wildman–Crippen MR) is 95.8 cm³/mol. The van der Waals surface area contributed by atoms with Gasteiger partial charge in [0, 0.05) is 16.5 Å². The Morgan fingerprint density at radius 3 is 2.48 bits per heavy atom. The summed E-state index contributed by atoms with van der Waals surface area (Å²) in [6.45, 7) is 0.619. The van der Waals surface area contributed by atoms with Crippen LogP contribution in [0.5, 0.6) is 0 Å². The minimum absolute atomic E-state index is 0.551. The Morgan fingerprint density at radius 2 is 1.74 bits per heavy atom. The van der Waals surface area contributed by atoms with Crippen molar-refractivity contribution in [2.24, 2.45) is 0 Å². The summed E-state index contributed by atoms with van der Waals surface area (Å²) in [5.74, 6) is 0.633. The molecule has 0 fully saturated rings. The second kappa shape index (κ2) is 7.35. The molecule has 1 heterocycles. The largest absolute Gasteiger partial charge is 0.394 e. The second-order valence-electron chi connectivity index (χ2n) is 4.84. The van der Waals surface area contributed by atoms with E-state index in [4.69, 9.17) is 17.3 Å². The molecule has 1 aromatic heterocycles. The third-order valence-electron chi connectivity index (χ3n) is 3.18. The Labute approximate surface area is 144 Å². The highest BCUT2D eigenvalue weighted by Crippen LogP contribution is 2.32. The molecule has 0 saturated carbocycles. The predicted octanol–water partition coefficient (Wildman–Crippen LogP) is 4.48. The molecule has 0 aliphatic heterocycles. The molecule has 0 bridgehead atoms. The number of benzene rings is 2. The van der Waals surface area contributed by atoms with Crippen LogP contribution in [0, 0.1) is 0 Å². The van der Waals surface area contributed by atoms with Crippen LogP contribution < -0.4 is 11.1 Å². The van der Waals surface area contributed by atoms with Crippen molar-refractivity contribution >= 4 is 34.9 Å². The van der Waals surface area contributed by atoms with Crippen LogP contribution in [-0.4, -0.2) is 9.97 Å². The lowest BCUT2D eigenvalue weighted by Gasteiger charge is -2.11. The van der Waals surface area contributed by atoms with Gasteiger partial charge in [0.15, 0.2) is 5.82 Å². The van der Waals surface area contributed by atoms with Crippen molar-refractivity contribution in [3.8, 4) is 0 Å². The third kappa shape index (κ3) is 4.15. The summed E-state index contributed by atoms with van der Waals surface area (Å²) >= 11 is 7.41. The molecular formula is C17H15ClN4S. The molecule has 2 aromatic carbocycles. The average molecular weight is 343 g/mol. The molecule has 3 rings (SSSR count). The van der Waals surface area contributed by atoms with Crippen LogP contribution in [-0.2, 0) is 6.54 Å². The number of nitrogens with two attached hydrogens (primary N) is 1. The number of hydrogen-bond acceptors (Lipinski definition) is 5. The quantitative estimate of drug-likeness (QED) is 0.669. The number of anilines is 2. The van der Waals surface area contributed by atoms with Crippen LogP contribution in [0.2, 0.25) is 5.02 Å². The summed E-state index contributed by atoms with van der Waals surface area (Å²) in [5.41, 5.74) is 7.84. The van der Waals surface area contributed by atoms with E-state index in [0.29, 0.717) is 18.1 Å². The zero-order valence-electron chi connectivity index (χ0n) is 12.2. The van der Waals surface area contributed by atoms with Gasteiger partial charge in [0.2, 0.25) is 0 Å². The lowest BCUT2D eigenvalue weighted by Crippen LogP contribution is -2.06. The van der Waals surface area contributed by atoms with Gasteiger partial charge < -0.3 is 11.1 Å². The Morgan fingerprint density at radius 1 is 1.00 bits per heavy atom. The van der Waals surface area contributed by atoms with Gasteiger partial charge in [-0.1, -0.05) is 53.7 Å². The molecule has 0 aliphatic carbocycles. The first kappa shape index (κ1) is 15.6. The van der Waals surface area contributed by atoms with E-state index in [1.165, 1.54) is 18.1 Å². The van der Waals surface area contributed by atoms with Crippen LogP contribution >= 0.6 is 23.4 Å². The van der Waals surface area contributed by atoms with Crippen molar-refractivity contribution in [1.29, 1.82) is 0 Å². The first-order valence-corrected chi connectivity index (χ1v) is 8.23. The van der Waals surface area contributed by atoms with Gasteiger partial charge in [-0.15, -0.1) is 0 Å². The SMILES string of the molecule is Nc1c(NCc2ccc(Cl)cc2)ncnc1Sc1ccccc1. The van der Waals surface area contributed by atoms with Crippen molar-refractivity contribution in [1.82, 2.24) is 9.97 Å². The van der Waals surface area contributed by atoms with Crippen molar-refractivity contribution < 1.29 is 0 Å². The Hall–Kier alpha value is -2.24. The fraction of sp³-hybridized carbons (Fsp3) is 0.0588. The highest BCUT2D eigenvalue weighted by atomic mass is 35.5. The van der Waals surface area contributed by atoms with Gasteiger partial charge in [0.1, 0.15) is 17.0 Å². The molecule has 0 radical (unpaired) electrons. The van der Waals surface area contributed by atoms with Gasteiger partial charge in [-0.2, -0.15) is 0 Å². The third-order valence-corrected chi connectivity index (χ3v) is 4.46. The molecule has 3 N–H and O–H groups in total. The minimum Gasteiger partial charge on any atom is -0.394 e. The highest BCUT2D eigenvalue weighted by Gasteiger charge is 2.09.